The second-order valence-electron chi connectivity index (χ2n) is 6.71. The van der Waals surface area contributed by atoms with E-state index in [1.54, 1.807) is 6.20 Å². The molecule has 0 spiro atoms. The van der Waals surface area contributed by atoms with E-state index in [1.165, 1.54) is 30.5 Å². The molecular formula is C19H24N6. The zero-order valence-corrected chi connectivity index (χ0v) is 14.9. The molecule has 0 atom stereocenters. The third-order valence-electron chi connectivity index (χ3n) is 5.03. The SMILES string of the molecule is CCN1CCN(Cc2ccc(-c3nc4ncncc4[nH]3)c(C)c2)CC1. The Morgan fingerprint density at radius 2 is 1.92 bits per heavy atom. The van der Waals surface area contributed by atoms with E-state index in [2.05, 4.69) is 61.8 Å². The zero-order valence-electron chi connectivity index (χ0n) is 14.9. The molecule has 0 aliphatic carbocycles. The predicted octanol–water partition coefficient (Wildman–Crippen LogP) is 2.47. The van der Waals surface area contributed by atoms with Crippen molar-refractivity contribution in [3.8, 4) is 11.4 Å². The summed E-state index contributed by atoms with van der Waals surface area (Å²) >= 11 is 0. The summed E-state index contributed by atoms with van der Waals surface area (Å²) in [5, 5.41) is 0. The predicted molar refractivity (Wildman–Crippen MR) is 99.2 cm³/mol. The van der Waals surface area contributed by atoms with Crippen LogP contribution in [0.4, 0.5) is 0 Å². The van der Waals surface area contributed by atoms with Gasteiger partial charge in [-0.2, -0.15) is 0 Å². The van der Waals surface area contributed by atoms with Gasteiger partial charge in [-0.15, -0.1) is 0 Å². The molecule has 1 aliphatic heterocycles. The van der Waals surface area contributed by atoms with Crippen LogP contribution in [0.5, 0.6) is 0 Å². The van der Waals surface area contributed by atoms with Crippen LogP contribution in [0.3, 0.4) is 0 Å². The highest BCUT2D eigenvalue weighted by atomic mass is 15.3. The highest BCUT2D eigenvalue weighted by Gasteiger charge is 2.16. The maximum Gasteiger partial charge on any atom is 0.181 e. The number of aromatic nitrogens is 4. The van der Waals surface area contributed by atoms with E-state index in [-0.39, 0.29) is 0 Å². The maximum absolute atomic E-state index is 4.58. The number of hydrogen-bond donors (Lipinski definition) is 1. The highest BCUT2D eigenvalue weighted by Crippen LogP contribution is 2.24. The number of imidazole rings is 1. The van der Waals surface area contributed by atoms with Gasteiger partial charge in [0.25, 0.3) is 0 Å². The molecule has 2 aromatic heterocycles. The van der Waals surface area contributed by atoms with Gasteiger partial charge in [0.05, 0.1) is 6.20 Å². The van der Waals surface area contributed by atoms with Crippen LogP contribution in [0, 0.1) is 6.92 Å². The van der Waals surface area contributed by atoms with Gasteiger partial charge >= 0.3 is 0 Å². The van der Waals surface area contributed by atoms with Gasteiger partial charge in [-0.1, -0.05) is 25.1 Å². The molecule has 0 amide bonds. The van der Waals surface area contributed by atoms with Crippen LogP contribution in [0.1, 0.15) is 18.1 Å². The smallest absolute Gasteiger partial charge is 0.181 e. The quantitative estimate of drug-likeness (QED) is 0.793. The number of aryl methyl sites for hydroxylation is 1. The van der Waals surface area contributed by atoms with E-state index in [1.807, 2.05) is 0 Å². The Kier molecular flexibility index (Phi) is 4.46. The monoisotopic (exact) mass is 336 g/mol. The highest BCUT2D eigenvalue weighted by molar-refractivity contribution is 5.75. The average Bonchev–Trinajstić information content (AvgIpc) is 3.06. The number of hydrogen-bond acceptors (Lipinski definition) is 5. The molecule has 1 aliphatic rings. The van der Waals surface area contributed by atoms with Crippen molar-refractivity contribution in [2.24, 2.45) is 0 Å². The minimum absolute atomic E-state index is 0.710. The van der Waals surface area contributed by atoms with E-state index < -0.39 is 0 Å². The van der Waals surface area contributed by atoms with Crippen molar-refractivity contribution < 1.29 is 0 Å². The molecule has 6 nitrogen and oxygen atoms in total. The fourth-order valence-corrected chi connectivity index (χ4v) is 3.50. The molecule has 0 saturated carbocycles. The molecule has 3 aromatic rings. The summed E-state index contributed by atoms with van der Waals surface area (Å²) in [6, 6.07) is 6.66. The number of fused-ring (bicyclic) bond motifs is 1. The molecule has 3 heterocycles. The van der Waals surface area contributed by atoms with Crippen LogP contribution in [-0.4, -0.2) is 62.5 Å². The van der Waals surface area contributed by atoms with Gasteiger partial charge in [0.2, 0.25) is 0 Å². The van der Waals surface area contributed by atoms with Gasteiger partial charge in [-0.3, -0.25) is 4.90 Å². The fraction of sp³-hybridized carbons (Fsp3) is 0.421. The summed E-state index contributed by atoms with van der Waals surface area (Å²) in [6.07, 6.45) is 3.29. The molecule has 6 heteroatoms. The standard InChI is InChI=1S/C19H24N6/c1-3-24-6-8-25(9-7-24)12-15-4-5-16(14(2)10-15)18-22-17-11-20-13-21-19(17)23-18/h4-5,10-11,13H,3,6-9,12H2,1-2H3,(H,20,21,22,23). The Balaban J connectivity index is 1.51. The van der Waals surface area contributed by atoms with Gasteiger partial charge in [-0.05, 0) is 24.6 Å². The van der Waals surface area contributed by atoms with Gasteiger partial charge in [0.1, 0.15) is 17.7 Å². The molecule has 1 aromatic carbocycles. The summed E-state index contributed by atoms with van der Waals surface area (Å²) in [5.41, 5.74) is 5.30. The topological polar surface area (TPSA) is 60.9 Å². The molecule has 0 bridgehead atoms. The van der Waals surface area contributed by atoms with Gasteiger partial charge in [-0.25, -0.2) is 15.0 Å². The first kappa shape index (κ1) is 16.2. The van der Waals surface area contributed by atoms with E-state index in [0.29, 0.717) is 5.65 Å². The first-order valence-electron chi connectivity index (χ1n) is 8.93. The molecular weight excluding hydrogens is 312 g/mol. The molecule has 130 valence electrons. The number of aromatic amines is 1. The molecule has 0 unspecified atom stereocenters. The van der Waals surface area contributed by atoms with Crippen LogP contribution in [0.15, 0.2) is 30.7 Å². The molecule has 1 fully saturated rings. The Labute approximate surface area is 147 Å². The lowest BCUT2D eigenvalue weighted by atomic mass is 10.0. The summed E-state index contributed by atoms with van der Waals surface area (Å²) in [4.78, 5) is 21.2. The van der Waals surface area contributed by atoms with Crippen molar-refractivity contribution in [1.29, 1.82) is 0 Å². The number of likely N-dealkylation sites (N-methyl/N-ethyl adjacent to an activating group) is 1. The largest absolute Gasteiger partial charge is 0.335 e. The van der Waals surface area contributed by atoms with E-state index in [0.717, 1.165) is 43.1 Å². The van der Waals surface area contributed by atoms with Crippen LogP contribution < -0.4 is 0 Å². The number of nitrogens with zero attached hydrogens (tertiary/aromatic N) is 5. The van der Waals surface area contributed by atoms with Gasteiger partial charge in [0, 0.05) is 38.3 Å². The molecule has 4 rings (SSSR count). The fourth-order valence-electron chi connectivity index (χ4n) is 3.50. The van der Waals surface area contributed by atoms with Gasteiger partial charge < -0.3 is 9.88 Å². The first-order valence-corrected chi connectivity index (χ1v) is 8.93. The maximum atomic E-state index is 4.58. The normalized spacial score (nSPS) is 16.6. The molecule has 0 radical (unpaired) electrons. The minimum atomic E-state index is 0.710. The van der Waals surface area contributed by atoms with E-state index >= 15 is 0 Å². The average molecular weight is 336 g/mol. The van der Waals surface area contributed by atoms with Crippen molar-refractivity contribution in [3.63, 3.8) is 0 Å². The lowest BCUT2D eigenvalue weighted by Crippen LogP contribution is -2.45. The van der Waals surface area contributed by atoms with E-state index in [4.69, 9.17) is 0 Å². The van der Waals surface area contributed by atoms with E-state index in [9.17, 15) is 0 Å². The first-order chi connectivity index (χ1) is 12.2. The summed E-state index contributed by atoms with van der Waals surface area (Å²) in [6.45, 7) is 11.2. The van der Waals surface area contributed by atoms with Gasteiger partial charge in [0.15, 0.2) is 5.65 Å². The summed E-state index contributed by atoms with van der Waals surface area (Å²) < 4.78 is 0. The molecule has 1 saturated heterocycles. The van der Waals surface area contributed by atoms with Crippen LogP contribution >= 0.6 is 0 Å². The number of H-pyrrole nitrogens is 1. The van der Waals surface area contributed by atoms with Crippen molar-refractivity contribution in [3.05, 3.63) is 41.9 Å². The lowest BCUT2D eigenvalue weighted by Gasteiger charge is -2.34. The van der Waals surface area contributed by atoms with Crippen LogP contribution in [0.2, 0.25) is 0 Å². The van der Waals surface area contributed by atoms with Crippen molar-refractivity contribution >= 4 is 11.2 Å². The third kappa shape index (κ3) is 3.41. The Morgan fingerprint density at radius 1 is 1.12 bits per heavy atom. The van der Waals surface area contributed by atoms with Crippen molar-refractivity contribution in [2.45, 2.75) is 20.4 Å². The second-order valence-corrected chi connectivity index (χ2v) is 6.71. The number of benzene rings is 1. The zero-order chi connectivity index (χ0) is 17.2. The molecule has 25 heavy (non-hydrogen) atoms. The number of piperazine rings is 1. The number of rotatable bonds is 4. The summed E-state index contributed by atoms with van der Waals surface area (Å²) in [7, 11) is 0. The minimum Gasteiger partial charge on any atom is -0.335 e. The molecule has 1 N–H and O–H groups in total. The third-order valence-corrected chi connectivity index (χ3v) is 5.03. The van der Waals surface area contributed by atoms with Crippen LogP contribution in [0.25, 0.3) is 22.6 Å². The number of nitrogens with one attached hydrogen (secondary N) is 1. The Bertz CT molecular complexity index is 830. The summed E-state index contributed by atoms with van der Waals surface area (Å²) in [5.74, 6) is 0.858. The van der Waals surface area contributed by atoms with Crippen molar-refractivity contribution in [1.82, 2.24) is 29.7 Å². The van der Waals surface area contributed by atoms with Crippen molar-refractivity contribution in [2.75, 3.05) is 32.7 Å². The lowest BCUT2D eigenvalue weighted by molar-refractivity contribution is 0.132. The van der Waals surface area contributed by atoms with Crippen LogP contribution in [-0.2, 0) is 6.54 Å². The second kappa shape index (κ2) is 6.90. The Morgan fingerprint density at radius 3 is 2.64 bits per heavy atom. The Hall–Kier alpha value is -2.31.